The molecule has 3 rings (SSSR count). The Kier molecular flexibility index (Phi) is 3.08. The van der Waals surface area contributed by atoms with Crippen LogP contribution in [0.15, 0.2) is 18.2 Å². The van der Waals surface area contributed by atoms with Crippen LogP contribution in [-0.2, 0) is 24.1 Å². The zero-order valence-corrected chi connectivity index (χ0v) is 10.6. The van der Waals surface area contributed by atoms with Gasteiger partial charge in [-0.15, -0.1) is 0 Å². The molecule has 18 heavy (non-hydrogen) atoms. The summed E-state index contributed by atoms with van der Waals surface area (Å²) in [4.78, 5) is 11.9. The molecule has 0 unspecified atom stereocenters. The first-order valence-electron chi connectivity index (χ1n) is 6.86. The fourth-order valence-electron chi connectivity index (χ4n) is 2.98. The van der Waals surface area contributed by atoms with Crippen molar-refractivity contribution < 1.29 is 4.79 Å². The van der Waals surface area contributed by atoms with E-state index in [1.165, 1.54) is 30.4 Å². The average molecular weight is 244 g/mol. The van der Waals surface area contributed by atoms with E-state index in [4.69, 9.17) is 5.73 Å². The maximum atomic E-state index is 11.9. The van der Waals surface area contributed by atoms with Crippen LogP contribution >= 0.6 is 0 Å². The Morgan fingerprint density at radius 2 is 2.06 bits per heavy atom. The Morgan fingerprint density at radius 1 is 1.28 bits per heavy atom. The zero-order chi connectivity index (χ0) is 12.5. The van der Waals surface area contributed by atoms with Gasteiger partial charge in [-0.1, -0.05) is 18.2 Å². The van der Waals surface area contributed by atoms with E-state index in [0.29, 0.717) is 12.5 Å². The number of aryl methyl sites for hydroxylation is 2. The van der Waals surface area contributed by atoms with Crippen molar-refractivity contribution in [2.45, 2.75) is 50.6 Å². The second-order valence-corrected chi connectivity index (χ2v) is 5.63. The Labute approximate surface area is 108 Å². The van der Waals surface area contributed by atoms with Gasteiger partial charge in [0.2, 0.25) is 5.91 Å². The summed E-state index contributed by atoms with van der Waals surface area (Å²) in [5.74, 6) is 0.129. The summed E-state index contributed by atoms with van der Waals surface area (Å²) in [6.45, 7) is 0. The number of nitrogens with two attached hydrogens (primary N) is 1. The molecule has 1 saturated carbocycles. The molecule has 1 aromatic carbocycles. The third-order valence-electron chi connectivity index (χ3n) is 4.07. The molecule has 1 amide bonds. The molecule has 96 valence electrons. The summed E-state index contributed by atoms with van der Waals surface area (Å²) in [5, 5.41) is 3.04. The summed E-state index contributed by atoms with van der Waals surface area (Å²) < 4.78 is 0. The standard InChI is InChI=1S/C15H20N2O/c16-13-8-14(9-13)17-15(18)7-10-4-5-11-2-1-3-12(11)6-10/h4-6,13-14H,1-3,7-9,16H2,(H,17,18). The van der Waals surface area contributed by atoms with Crippen molar-refractivity contribution in [3.8, 4) is 0 Å². The molecule has 0 radical (unpaired) electrons. The molecule has 0 aliphatic heterocycles. The zero-order valence-electron chi connectivity index (χ0n) is 10.6. The molecule has 1 fully saturated rings. The molecule has 3 heteroatoms. The van der Waals surface area contributed by atoms with Gasteiger partial charge in [0, 0.05) is 12.1 Å². The molecule has 0 saturated heterocycles. The van der Waals surface area contributed by atoms with E-state index in [9.17, 15) is 4.79 Å². The summed E-state index contributed by atoms with van der Waals surface area (Å²) >= 11 is 0. The number of amides is 1. The second kappa shape index (κ2) is 4.73. The molecular formula is C15H20N2O. The normalized spacial score (nSPS) is 25.4. The van der Waals surface area contributed by atoms with Crippen molar-refractivity contribution in [1.29, 1.82) is 0 Å². The molecule has 1 aromatic rings. The maximum absolute atomic E-state index is 11.9. The first kappa shape index (κ1) is 11.7. The second-order valence-electron chi connectivity index (χ2n) is 5.63. The number of hydrogen-bond donors (Lipinski definition) is 2. The highest BCUT2D eigenvalue weighted by Crippen LogP contribution is 2.23. The lowest BCUT2D eigenvalue weighted by Gasteiger charge is -2.33. The molecule has 2 aliphatic carbocycles. The predicted molar refractivity (Wildman–Crippen MR) is 71.3 cm³/mol. The molecule has 3 N–H and O–H groups in total. The number of fused-ring (bicyclic) bond motifs is 1. The highest BCUT2D eigenvalue weighted by Gasteiger charge is 2.27. The van der Waals surface area contributed by atoms with Crippen LogP contribution in [0, 0.1) is 0 Å². The van der Waals surface area contributed by atoms with Gasteiger partial charge in [0.25, 0.3) is 0 Å². The average Bonchev–Trinajstić information content (AvgIpc) is 2.74. The van der Waals surface area contributed by atoms with Crippen molar-refractivity contribution in [3.63, 3.8) is 0 Å². The van der Waals surface area contributed by atoms with Crippen LogP contribution in [0.1, 0.15) is 36.0 Å². The van der Waals surface area contributed by atoms with Crippen LogP contribution in [-0.4, -0.2) is 18.0 Å². The number of nitrogens with one attached hydrogen (secondary N) is 1. The van der Waals surface area contributed by atoms with Gasteiger partial charge in [0.05, 0.1) is 6.42 Å². The lowest BCUT2D eigenvalue weighted by atomic mass is 9.87. The van der Waals surface area contributed by atoms with Crippen LogP contribution < -0.4 is 11.1 Å². The van der Waals surface area contributed by atoms with Gasteiger partial charge in [-0.05, 0) is 48.8 Å². The third-order valence-corrected chi connectivity index (χ3v) is 4.07. The quantitative estimate of drug-likeness (QED) is 0.842. The lowest BCUT2D eigenvalue weighted by molar-refractivity contribution is -0.121. The van der Waals surface area contributed by atoms with Crippen molar-refractivity contribution in [2.24, 2.45) is 5.73 Å². The number of carbonyl (C=O) groups is 1. The fraction of sp³-hybridized carbons (Fsp3) is 0.533. The Balaban J connectivity index is 1.57. The van der Waals surface area contributed by atoms with E-state index in [0.717, 1.165) is 18.4 Å². The first-order valence-corrected chi connectivity index (χ1v) is 6.86. The lowest BCUT2D eigenvalue weighted by Crippen LogP contribution is -2.50. The van der Waals surface area contributed by atoms with E-state index in [2.05, 4.69) is 23.5 Å². The van der Waals surface area contributed by atoms with E-state index in [1.54, 1.807) is 0 Å². The van der Waals surface area contributed by atoms with Gasteiger partial charge in [0.15, 0.2) is 0 Å². The molecule has 3 nitrogen and oxygen atoms in total. The Hall–Kier alpha value is -1.35. The molecule has 0 atom stereocenters. The van der Waals surface area contributed by atoms with Crippen molar-refractivity contribution in [2.75, 3.05) is 0 Å². The summed E-state index contributed by atoms with van der Waals surface area (Å²) in [6.07, 6.45) is 5.97. The molecule has 0 bridgehead atoms. The molecule has 0 aromatic heterocycles. The highest BCUT2D eigenvalue weighted by atomic mass is 16.1. The minimum Gasteiger partial charge on any atom is -0.353 e. The van der Waals surface area contributed by atoms with Gasteiger partial charge in [0.1, 0.15) is 0 Å². The monoisotopic (exact) mass is 244 g/mol. The molecular weight excluding hydrogens is 224 g/mol. The highest BCUT2D eigenvalue weighted by molar-refractivity contribution is 5.79. The molecule has 0 spiro atoms. The third kappa shape index (κ3) is 2.41. The van der Waals surface area contributed by atoms with Crippen LogP contribution in [0.4, 0.5) is 0 Å². The van der Waals surface area contributed by atoms with Gasteiger partial charge >= 0.3 is 0 Å². The summed E-state index contributed by atoms with van der Waals surface area (Å²) in [5.41, 5.74) is 9.74. The topological polar surface area (TPSA) is 55.1 Å². The van der Waals surface area contributed by atoms with Crippen molar-refractivity contribution >= 4 is 5.91 Å². The van der Waals surface area contributed by atoms with Crippen LogP contribution in [0.25, 0.3) is 0 Å². The number of hydrogen-bond acceptors (Lipinski definition) is 2. The molecule has 0 heterocycles. The fourth-order valence-corrected chi connectivity index (χ4v) is 2.98. The Bertz CT molecular complexity index is 464. The molecule has 2 aliphatic rings. The summed E-state index contributed by atoms with van der Waals surface area (Å²) in [6, 6.07) is 7.08. The van der Waals surface area contributed by atoms with Crippen LogP contribution in [0.2, 0.25) is 0 Å². The van der Waals surface area contributed by atoms with E-state index < -0.39 is 0 Å². The van der Waals surface area contributed by atoms with Gasteiger partial charge < -0.3 is 11.1 Å². The van der Waals surface area contributed by atoms with Crippen molar-refractivity contribution in [1.82, 2.24) is 5.32 Å². The van der Waals surface area contributed by atoms with Gasteiger partial charge in [-0.3, -0.25) is 4.79 Å². The largest absolute Gasteiger partial charge is 0.353 e. The SMILES string of the molecule is NC1CC(NC(=O)Cc2ccc3c(c2)CCC3)C1. The van der Waals surface area contributed by atoms with E-state index in [1.807, 2.05) is 0 Å². The predicted octanol–water partition coefficient (Wildman–Crippen LogP) is 1.32. The first-order chi connectivity index (χ1) is 8.70. The van der Waals surface area contributed by atoms with Crippen LogP contribution in [0.3, 0.4) is 0 Å². The van der Waals surface area contributed by atoms with E-state index >= 15 is 0 Å². The van der Waals surface area contributed by atoms with Gasteiger partial charge in [-0.2, -0.15) is 0 Å². The maximum Gasteiger partial charge on any atom is 0.224 e. The summed E-state index contributed by atoms with van der Waals surface area (Å²) in [7, 11) is 0. The van der Waals surface area contributed by atoms with Crippen molar-refractivity contribution in [3.05, 3.63) is 34.9 Å². The number of carbonyl (C=O) groups excluding carboxylic acids is 1. The minimum absolute atomic E-state index is 0.129. The number of rotatable bonds is 3. The Morgan fingerprint density at radius 3 is 2.83 bits per heavy atom. The van der Waals surface area contributed by atoms with Gasteiger partial charge in [-0.25, -0.2) is 0 Å². The van der Waals surface area contributed by atoms with Crippen LogP contribution in [0.5, 0.6) is 0 Å². The minimum atomic E-state index is 0.129. The number of benzene rings is 1. The smallest absolute Gasteiger partial charge is 0.224 e. The van der Waals surface area contributed by atoms with E-state index in [-0.39, 0.29) is 11.9 Å².